The van der Waals surface area contributed by atoms with Crippen molar-refractivity contribution in [3.8, 4) is 0 Å². The Hall–Kier alpha value is -0.830. The van der Waals surface area contributed by atoms with E-state index in [4.69, 9.17) is 4.74 Å². The third kappa shape index (κ3) is 3.63. The van der Waals surface area contributed by atoms with Gasteiger partial charge >= 0.3 is 5.97 Å². The first kappa shape index (κ1) is 13.2. The van der Waals surface area contributed by atoms with Gasteiger partial charge in [0.2, 0.25) is 0 Å². The Morgan fingerprint density at radius 1 is 1.44 bits per heavy atom. The van der Waals surface area contributed by atoms with Crippen LogP contribution in [0.15, 0.2) is 11.6 Å². The Balaban J connectivity index is 2.26. The predicted octanol–water partition coefficient (Wildman–Crippen LogP) is 2.28. The summed E-state index contributed by atoms with van der Waals surface area (Å²) < 4.78 is 4.70. The van der Waals surface area contributed by atoms with Crippen LogP contribution in [0.1, 0.15) is 39.5 Å². The number of rotatable bonds is 7. The van der Waals surface area contributed by atoms with Crippen molar-refractivity contribution >= 4 is 5.97 Å². The van der Waals surface area contributed by atoms with Crippen LogP contribution in [-0.4, -0.2) is 26.2 Å². The van der Waals surface area contributed by atoms with Crippen LogP contribution in [-0.2, 0) is 9.53 Å². The molecular formula is C13H23NO2. The standard InChI is InChI=1S/C13H23NO2/c1-4-11(12(15)16-3)6-9-14-10-13(5-2)7-8-13/h6,14H,4-5,7-10H2,1-3H3. The van der Waals surface area contributed by atoms with E-state index in [-0.39, 0.29) is 5.97 Å². The van der Waals surface area contributed by atoms with Crippen LogP contribution in [0.2, 0.25) is 0 Å². The molecule has 0 heterocycles. The van der Waals surface area contributed by atoms with E-state index in [2.05, 4.69) is 12.2 Å². The lowest BCUT2D eigenvalue weighted by Crippen LogP contribution is -2.24. The van der Waals surface area contributed by atoms with Gasteiger partial charge in [0.1, 0.15) is 0 Å². The second kappa shape index (κ2) is 6.04. The van der Waals surface area contributed by atoms with Gasteiger partial charge in [-0.3, -0.25) is 0 Å². The monoisotopic (exact) mass is 225 g/mol. The molecule has 16 heavy (non-hydrogen) atoms. The number of hydrogen-bond acceptors (Lipinski definition) is 3. The Morgan fingerprint density at radius 2 is 2.12 bits per heavy atom. The van der Waals surface area contributed by atoms with E-state index in [0.717, 1.165) is 25.1 Å². The minimum Gasteiger partial charge on any atom is -0.466 e. The van der Waals surface area contributed by atoms with Crippen molar-refractivity contribution < 1.29 is 9.53 Å². The van der Waals surface area contributed by atoms with Gasteiger partial charge in [0, 0.05) is 18.7 Å². The van der Waals surface area contributed by atoms with Gasteiger partial charge in [0.15, 0.2) is 0 Å². The highest BCUT2D eigenvalue weighted by molar-refractivity contribution is 5.88. The molecule has 92 valence electrons. The van der Waals surface area contributed by atoms with Crippen molar-refractivity contribution in [3.05, 3.63) is 11.6 Å². The number of nitrogens with one attached hydrogen (secondary N) is 1. The average molecular weight is 225 g/mol. The molecule has 1 rings (SSSR count). The predicted molar refractivity (Wildman–Crippen MR) is 65.2 cm³/mol. The normalized spacial score (nSPS) is 18.3. The molecule has 1 N–H and O–H groups in total. The summed E-state index contributed by atoms with van der Waals surface area (Å²) in [5.74, 6) is -0.207. The van der Waals surface area contributed by atoms with E-state index in [0.29, 0.717) is 5.41 Å². The number of ether oxygens (including phenoxy) is 1. The van der Waals surface area contributed by atoms with Crippen LogP contribution in [0.25, 0.3) is 0 Å². The number of esters is 1. The SMILES string of the molecule is CCC(=CCNCC1(CC)CC1)C(=O)OC. The third-order valence-corrected chi connectivity index (χ3v) is 3.53. The van der Waals surface area contributed by atoms with E-state index in [1.54, 1.807) is 0 Å². The molecule has 0 aliphatic heterocycles. The summed E-state index contributed by atoms with van der Waals surface area (Å²) in [6.45, 7) is 6.05. The van der Waals surface area contributed by atoms with Crippen molar-refractivity contribution in [2.75, 3.05) is 20.2 Å². The fourth-order valence-corrected chi connectivity index (χ4v) is 1.87. The molecule has 3 nitrogen and oxygen atoms in total. The van der Waals surface area contributed by atoms with E-state index < -0.39 is 0 Å². The summed E-state index contributed by atoms with van der Waals surface area (Å²) >= 11 is 0. The maximum absolute atomic E-state index is 11.3. The number of methoxy groups -OCH3 is 1. The molecule has 0 spiro atoms. The number of carbonyl (C=O) groups is 1. The molecule has 1 saturated carbocycles. The molecule has 1 aliphatic rings. The van der Waals surface area contributed by atoms with Crippen LogP contribution in [0.5, 0.6) is 0 Å². The molecule has 0 saturated heterocycles. The molecule has 0 aromatic heterocycles. The zero-order chi connectivity index (χ0) is 12.0. The second-order valence-corrected chi connectivity index (χ2v) is 4.56. The second-order valence-electron chi connectivity index (χ2n) is 4.56. The van der Waals surface area contributed by atoms with Crippen molar-refractivity contribution in [1.82, 2.24) is 5.32 Å². The minimum absolute atomic E-state index is 0.207. The van der Waals surface area contributed by atoms with Gasteiger partial charge in [-0.25, -0.2) is 4.79 Å². The lowest BCUT2D eigenvalue weighted by molar-refractivity contribution is -0.136. The van der Waals surface area contributed by atoms with Crippen molar-refractivity contribution in [1.29, 1.82) is 0 Å². The topological polar surface area (TPSA) is 38.3 Å². The highest BCUT2D eigenvalue weighted by Gasteiger charge is 2.39. The zero-order valence-electron chi connectivity index (χ0n) is 10.6. The van der Waals surface area contributed by atoms with Crippen LogP contribution < -0.4 is 5.32 Å². The Labute approximate surface area is 98.2 Å². The number of hydrogen-bond donors (Lipinski definition) is 1. The van der Waals surface area contributed by atoms with Gasteiger partial charge in [-0.2, -0.15) is 0 Å². The molecule has 0 radical (unpaired) electrons. The summed E-state index contributed by atoms with van der Waals surface area (Å²) in [4.78, 5) is 11.3. The number of carbonyl (C=O) groups excluding carboxylic acids is 1. The largest absolute Gasteiger partial charge is 0.466 e. The van der Waals surface area contributed by atoms with E-state index in [1.165, 1.54) is 26.4 Å². The van der Waals surface area contributed by atoms with Gasteiger partial charge in [-0.05, 0) is 31.1 Å². The molecule has 1 aliphatic carbocycles. The smallest absolute Gasteiger partial charge is 0.333 e. The van der Waals surface area contributed by atoms with Crippen molar-refractivity contribution in [2.24, 2.45) is 5.41 Å². The fraction of sp³-hybridized carbons (Fsp3) is 0.769. The van der Waals surface area contributed by atoms with Gasteiger partial charge in [0.05, 0.1) is 7.11 Å². The first-order chi connectivity index (χ1) is 7.67. The van der Waals surface area contributed by atoms with Crippen LogP contribution in [0, 0.1) is 5.41 Å². The summed E-state index contributed by atoms with van der Waals surface area (Å²) in [7, 11) is 1.43. The van der Waals surface area contributed by atoms with E-state index in [9.17, 15) is 4.79 Å². The quantitative estimate of drug-likeness (QED) is 0.410. The highest BCUT2D eigenvalue weighted by atomic mass is 16.5. The Morgan fingerprint density at radius 3 is 2.56 bits per heavy atom. The van der Waals surface area contributed by atoms with E-state index >= 15 is 0 Å². The van der Waals surface area contributed by atoms with Gasteiger partial charge in [0.25, 0.3) is 0 Å². The Kier molecular flexibility index (Phi) is 5.00. The summed E-state index contributed by atoms with van der Waals surface area (Å²) in [5.41, 5.74) is 1.32. The summed E-state index contributed by atoms with van der Waals surface area (Å²) in [6, 6.07) is 0. The molecule has 0 unspecified atom stereocenters. The summed E-state index contributed by atoms with van der Waals surface area (Å²) in [5, 5.41) is 3.40. The average Bonchev–Trinajstić information content (AvgIpc) is 3.09. The molecule has 0 aromatic carbocycles. The zero-order valence-corrected chi connectivity index (χ0v) is 10.6. The minimum atomic E-state index is -0.207. The fourth-order valence-electron chi connectivity index (χ4n) is 1.87. The van der Waals surface area contributed by atoms with Gasteiger partial charge in [-0.15, -0.1) is 0 Å². The molecule has 0 atom stereocenters. The molecule has 3 heteroatoms. The maximum atomic E-state index is 11.3. The van der Waals surface area contributed by atoms with Crippen LogP contribution in [0.4, 0.5) is 0 Å². The molecule has 1 fully saturated rings. The van der Waals surface area contributed by atoms with Gasteiger partial charge < -0.3 is 10.1 Å². The lowest BCUT2D eigenvalue weighted by atomic mass is 10.0. The van der Waals surface area contributed by atoms with Crippen molar-refractivity contribution in [2.45, 2.75) is 39.5 Å². The summed E-state index contributed by atoms with van der Waals surface area (Å²) in [6.07, 6.45) is 6.61. The lowest BCUT2D eigenvalue weighted by Gasteiger charge is -2.12. The van der Waals surface area contributed by atoms with E-state index in [1.807, 2.05) is 13.0 Å². The van der Waals surface area contributed by atoms with Crippen LogP contribution in [0.3, 0.4) is 0 Å². The first-order valence-electron chi connectivity index (χ1n) is 6.15. The highest BCUT2D eigenvalue weighted by Crippen LogP contribution is 2.47. The molecule has 0 bridgehead atoms. The first-order valence-corrected chi connectivity index (χ1v) is 6.15. The Bertz CT molecular complexity index is 267. The molecule has 0 aromatic rings. The van der Waals surface area contributed by atoms with Gasteiger partial charge in [-0.1, -0.05) is 19.9 Å². The van der Waals surface area contributed by atoms with Crippen LogP contribution >= 0.6 is 0 Å². The molecular weight excluding hydrogens is 202 g/mol. The molecule has 0 amide bonds. The van der Waals surface area contributed by atoms with Crippen molar-refractivity contribution in [3.63, 3.8) is 0 Å². The third-order valence-electron chi connectivity index (χ3n) is 3.53. The maximum Gasteiger partial charge on any atom is 0.333 e.